The first kappa shape index (κ1) is 19.8. The van der Waals surface area contributed by atoms with Crippen LogP contribution in [0.4, 0.5) is 0 Å². The predicted molar refractivity (Wildman–Crippen MR) is 107 cm³/mol. The maximum Gasteiger partial charge on any atom is 0.227 e. The number of aryl methyl sites for hydroxylation is 2. The molecule has 146 valence electrons. The third-order valence-corrected chi connectivity index (χ3v) is 5.84. The van der Waals surface area contributed by atoms with E-state index in [1.54, 1.807) is 0 Å². The van der Waals surface area contributed by atoms with Crippen molar-refractivity contribution in [3.05, 3.63) is 46.5 Å². The smallest absolute Gasteiger partial charge is 0.227 e. The number of halogens is 1. The lowest BCUT2D eigenvalue weighted by Gasteiger charge is -2.32. The monoisotopic (exact) mass is 389 g/mol. The molecule has 1 aromatic heterocycles. The Morgan fingerprint density at radius 1 is 1.15 bits per heavy atom. The number of piperidine rings is 1. The lowest BCUT2D eigenvalue weighted by molar-refractivity contribution is -0.131. The van der Waals surface area contributed by atoms with E-state index in [0.717, 1.165) is 57.2 Å². The molecule has 27 heavy (non-hydrogen) atoms. The largest absolute Gasteiger partial charge is 0.342 e. The highest BCUT2D eigenvalue weighted by atomic mass is 35.5. The quantitative estimate of drug-likeness (QED) is 0.875. The van der Waals surface area contributed by atoms with Gasteiger partial charge < -0.3 is 14.8 Å². The molecule has 6 nitrogen and oxygen atoms in total. The summed E-state index contributed by atoms with van der Waals surface area (Å²) in [6, 6.07) is 6.23. The second kappa shape index (κ2) is 8.40. The maximum atomic E-state index is 12.8. The number of aromatic nitrogens is 3. The van der Waals surface area contributed by atoms with Crippen LogP contribution in [0.5, 0.6) is 0 Å². The van der Waals surface area contributed by atoms with Crippen molar-refractivity contribution < 1.29 is 4.79 Å². The van der Waals surface area contributed by atoms with Crippen LogP contribution in [0.2, 0.25) is 0 Å². The van der Waals surface area contributed by atoms with Crippen LogP contribution < -0.4 is 5.32 Å². The highest BCUT2D eigenvalue weighted by molar-refractivity contribution is 5.85. The molecule has 1 N–H and O–H groups in total. The molecule has 0 spiro atoms. The van der Waals surface area contributed by atoms with Crippen molar-refractivity contribution in [2.75, 3.05) is 19.6 Å². The molecule has 0 radical (unpaired) electrons. The topological polar surface area (TPSA) is 63.1 Å². The second-order valence-electron chi connectivity index (χ2n) is 7.51. The summed E-state index contributed by atoms with van der Waals surface area (Å²) >= 11 is 0. The molecule has 2 aliphatic rings. The Morgan fingerprint density at radius 2 is 1.85 bits per heavy atom. The normalized spacial score (nSPS) is 17.3. The number of nitrogens with one attached hydrogen (secondary N) is 1. The standard InChI is InChI=1S/C20H27N5O.ClH/c1-14-4-3-5-15(2)17(14)12-19(26)24-9-6-16(7-10-24)20-23-22-18-13-21-8-11-25(18)20;/h3-5,16,21H,6-13H2,1-2H3;1H. The molecule has 2 aromatic rings. The first-order chi connectivity index (χ1) is 12.6. The fourth-order valence-electron chi connectivity index (χ4n) is 4.19. The van der Waals surface area contributed by atoms with Gasteiger partial charge in [-0.15, -0.1) is 22.6 Å². The van der Waals surface area contributed by atoms with Crippen molar-refractivity contribution in [2.45, 2.75) is 52.1 Å². The fourth-order valence-corrected chi connectivity index (χ4v) is 4.19. The summed E-state index contributed by atoms with van der Waals surface area (Å²) in [5.74, 6) is 2.81. The number of fused-ring (bicyclic) bond motifs is 1. The number of benzene rings is 1. The lowest BCUT2D eigenvalue weighted by Crippen LogP contribution is -2.39. The molecule has 0 bridgehead atoms. The summed E-state index contributed by atoms with van der Waals surface area (Å²) in [6.45, 7) is 8.54. The van der Waals surface area contributed by atoms with Gasteiger partial charge in [-0.3, -0.25) is 4.79 Å². The van der Waals surface area contributed by atoms with E-state index in [9.17, 15) is 4.79 Å². The molecule has 0 aliphatic carbocycles. The van der Waals surface area contributed by atoms with Crippen molar-refractivity contribution in [2.24, 2.45) is 0 Å². The molecule has 0 unspecified atom stereocenters. The highest BCUT2D eigenvalue weighted by Crippen LogP contribution is 2.28. The van der Waals surface area contributed by atoms with E-state index in [4.69, 9.17) is 0 Å². The van der Waals surface area contributed by atoms with Gasteiger partial charge in [-0.25, -0.2) is 0 Å². The number of likely N-dealkylation sites (tertiary alicyclic amines) is 1. The minimum Gasteiger partial charge on any atom is -0.342 e. The summed E-state index contributed by atoms with van der Waals surface area (Å²) < 4.78 is 2.27. The van der Waals surface area contributed by atoms with Gasteiger partial charge >= 0.3 is 0 Å². The van der Waals surface area contributed by atoms with Crippen LogP contribution in [0.3, 0.4) is 0 Å². The van der Waals surface area contributed by atoms with Crippen LogP contribution in [-0.2, 0) is 24.3 Å². The number of amides is 1. The highest BCUT2D eigenvalue weighted by Gasteiger charge is 2.28. The second-order valence-corrected chi connectivity index (χ2v) is 7.51. The van der Waals surface area contributed by atoms with Gasteiger partial charge in [0, 0.05) is 32.1 Å². The zero-order chi connectivity index (χ0) is 18.1. The van der Waals surface area contributed by atoms with E-state index in [1.165, 1.54) is 16.7 Å². The Bertz CT molecular complexity index is 790. The van der Waals surface area contributed by atoms with Crippen LogP contribution >= 0.6 is 12.4 Å². The van der Waals surface area contributed by atoms with Crippen molar-refractivity contribution in [3.63, 3.8) is 0 Å². The molecular formula is C20H28ClN5O. The molecule has 3 heterocycles. The third kappa shape index (κ3) is 4.01. The molecule has 0 atom stereocenters. The van der Waals surface area contributed by atoms with Gasteiger partial charge in [0.25, 0.3) is 0 Å². The summed E-state index contributed by atoms with van der Waals surface area (Å²) in [5.41, 5.74) is 3.59. The summed E-state index contributed by atoms with van der Waals surface area (Å²) in [7, 11) is 0. The molecular weight excluding hydrogens is 362 g/mol. The Morgan fingerprint density at radius 3 is 2.56 bits per heavy atom. The fraction of sp³-hybridized carbons (Fsp3) is 0.550. The summed E-state index contributed by atoms with van der Waals surface area (Å²) in [6.07, 6.45) is 2.46. The van der Waals surface area contributed by atoms with E-state index in [2.05, 4.69) is 52.1 Å². The predicted octanol–water partition coefficient (Wildman–Crippen LogP) is 2.37. The number of carbonyl (C=O) groups is 1. The zero-order valence-corrected chi connectivity index (χ0v) is 16.9. The number of hydrogen-bond donors (Lipinski definition) is 1. The van der Waals surface area contributed by atoms with Crippen molar-refractivity contribution in [1.29, 1.82) is 0 Å². The molecule has 2 aliphatic heterocycles. The lowest BCUT2D eigenvalue weighted by atomic mass is 9.94. The SMILES string of the molecule is Cc1cccc(C)c1CC(=O)N1CCC(c2nnc3n2CCNC3)CC1.Cl. The van der Waals surface area contributed by atoms with Gasteiger partial charge in [-0.2, -0.15) is 0 Å². The van der Waals surface area contributed by atoms with Gasteiger partial charge in [-0.05, 0) is 43.4 Å². The third-order valence-electron chi connectivity index (χ3n) is 5.84. The first-order valence-corrected chi connectivity index (χ1v) is 9.59. The van der Waals surface area contributed by atoms with Crippen LogP contribution in [0.15, 0.2) is 18.2 Å². The van der Waals surface area contributed by atoms with Gasteiger partial charge in [-0.1, -0.05) is 18.2 Å². The minimum atomic E-state index is 0. The van der Waals surface area contributed by atoms with Crippen molar-refractivity contribution >= 4 is 18.3 Å². The van der Waals surface area contributed by atoms with Gasteiger partial charge in [0.15, 0.2) is 0 Å². The van der Waals surface area contributed by atoms with E-state index in [-0.39, 0.29) is 18.3 Å². The molecule has 0 saturated carbocycles. The number of hydrogen-bond acceptors (Lipinski definition) is 4. The zero-order valence-electron chi connectivity index (χ0n) is 16.1. The Kier molecular flexibility index (Phi) is 6.17. The van der Waals surface area contributed by atoms with E-state index >= 15 is 0 Å². The Labute approximate surface area is 166 Å². The molecule has 1 aromatic carbocycles. The maximum absolute atomic E-state index is 12.8. The average molecular weight is 390 g/mol. The molecule has 1 saturated heterocycles. The average Bonchev–Trinajstić information content (AvgIpc) is 3.09. The van der Waals surface area contributed by atoms with Gasteiger partial charge in [0.05, 0.1) is 13.0 Å². The number of carbonyl (C=O) groups excluding carboxylic acids is 1. The van der Waals surface area contributed by atoms with Crippen LogP contribution in [0.25, 0.3) is 0 Å². The molecule has 1 fully saturated rings. The first-order valence-electron chi connectivity index (χ1n) is 9.59. The number of rotatable bonds is 3. The Hall–Kier alpha value is -1.92. The molecule has 4 rings (SSSR count). The summed E-state index contributed by atoms with van der Waals surface area (Å²) in [4.78, 5) is 14.8. The van der Waals surface area contributed by atoms with Crippen LogP contribution in [0.1, 0.15) is 47.1 Å². The molecule has 7 heteroatoms. The van der Waals surface area contributed by atoms with Crippen molar-refractivity contribution in [1.82, 2.24) is 25.0 Å². The van der Waals surface area contributed by atoms with E-state index < -0.39 is 0 Å². The molecule has 1 amide bonds. The van der Waals surface area contributed by atoms with E-state index in [1.807, 2.05) is 4.90 Å². The minimum absolute atomic E-state index is 0. The van der Waals surface area contributed by atoms with Crippen LogP contribution in [0, 0.1) is 13.8 Å². The summed E-state index contributed by atoms with van der Waals surface area (Å²) in [5, 5.41) is 12.1. The van der Waals surface area contributed by atoms with Gasteiger partial charge in [0.1, 0.15) is 11.6 Å². The van der Waals surface area contributed by atoms with E-state index in [0.29, 0.717) is 12.3 Å². The van der Waals surface area contributed by atoms with Crippen LogP contribution in [-0.4, -0.2) is 45.2 Å². The van der Waals surface area contributed by atoms with Gasteiger partial charge in [0.2, 0.25) is 5.91 Å². The van der Waals surface area contributed by atoms with Crippen molar-refractivity contribution in [3.8, 4) is 0 Å². The Balaban J connectivity index is 0.00000210. The number of nitrogens with zero attached hydrogens (tertiary/aromatic N) is 4.